The first kappa shape index (κ1) is 35.9. The molecule has 0 bridgehead atoms. The van der Waals surface area contributed by atoms with Crippen molar-refractivity contribution in [3.05, 3.63) is 53.1 Å². The summed E-state index contributed by atoms with van der Waals surface area (Å²) in [5.41, 5.74) is 4.91. The van der Waals surface area contributed by atoms with Gasteiger partial charge in [0.15, 0.2) is 5.78 Å². The van der Waals surface area contributed by atoms with Crippen molar-refractivity contribution in [1.29, 1.82) is 0 Å². The summed E-state index contributed by atoms with van der Waals surface area (Å²) in [6.07, 6.45) is 4.34. The molecule has 0 spiro atoms. The highest BCUT2D eigenvalue weighted by atomic mass is 16.5. The molecule has 2 unspecified atom stereocenters. The van der Waals surface area contributed by atoms with Crippen molar-refractivity contribution in [2.24, 2.45) is 0 Å². The van der Waals surface area contributed by atoms with Crippen LogP contribution in [0.5, 0.6) is 0 Å². The number of fused-ring (bicyclic) bond motifs is 3. The lowest BCUT2D eigenvalue weighted by molar-refractivity contribution is -0.141. The van der Waals surface area contributed by atoms with Gasteiger partial charge in [0.1, 0.15) is 6.61 Å². The van der Waals surface area contributed by atoms with Gasteiger partial charge in [-0.25, -0.2) is 0 Å². The molecule has 246 valence electrons. The quantitative estimate of drug-likeness (QED) is 0.0984. The third kappa shape index (κ3) is 11.7. The third-order valence-corrected chi connectivity index (χ3v) is 7.71. The Morgan fingerprint density at radius 3 is 2.36 bits per heavy atom. The van der Waals surface area contributed by atoms with Gasteiger partial charge in [0.05, 0.1) is 12.7 Å². The molecule has 45 heavy (non-hydrogen) atoms. The zero-order valence-corrected chi connectivity index (χ0v) is 26.8. The Bertz CT molecular complexity index is 1290. The zero-order valence-electron chi connectivity index (χ0n) is 26.8. The van der Waals surface area contributed by atoms with E-state index < -0.39 is 5.97 Å². The van der Waals surface area contributed by atoms with Gasteiger partial charge < -0.3 is 30.0 Å². The highest BCUT2D eigenvalue weighted by Crippen LogP contribution is 2.46. The van der Waals surface area contributed by atoms with E-state index in [-0.39, 0.29) is 55.7 Å². The fraction of sp³-hybridized carbons (Fsp3) is 0.543. The number of amides is 2. The number of ether oxygens (including phenoxy) is 3. The summed E-state index contributed by atoms with van der Waals surface area (Å²) in [6, 6.07) is 11.3. The number of anilines is 1. The van der Waals surface area contributed by atoms with E-state index in [0.29, 0.717) is 63.3 Å². The Morgan fingerprint density at radius 1 is 0.889 bits per heavy atom. The third-order valence-electron chi connectivity index (χ3n) is 7.71. The van der Waals surface area contributed by atoms with Crippen molar-refractivity contribution >= 4 is 29.3 Å². The first-order chi connectivity index (χ1) is 21.7. The van der Waals surface area contributed by atoms with Crippen LogP contribution in [-0.4, -0.2) is 74.4 Å². The molecule has 0 fully saturated rings. The van der Waals surface area contributed by atoms with Gasteiger partial charge in [0.25, 0.3) is 0 Å². The van der Waals surface area contributed by atoms with E-state index in [0.717, 1.165) is 35.1 Å². The second kappa shape index (κ2) is 19.0. The van der Waals surface area contributed by atoms with Gasteiger partial charge in [-0.05, 0) is 73.1 Å². The van der Waals surface area contributed by atoms with Crippen molar-refractivity contribution in [2.45, 2.75) is 84.2 Å². The number of Topliss-reactive ketones (excluding diaryl/α,β-unsaturated/α-hetero) is 1. The molecule has 10 nitrogen and oxygen atoms in total. The average molecular weight is 625 g/mol. The Balaban J connectivity index is 1.58. The first-order valence-electron chi connectivity index (χ1n) is 16.0. The van der Waals surface area contributed by atoms with Crippen molar-refractivity contribution in [3.63, 3.8) is 0 Å². The summed E-state index contributed by atoms with van der Waals surface area (Å²) in [7, 11) is 0. The van der Waals surface area contributed by atoms with Crippen LogP contribution in [0.2, 0.25) is 0 Å². The molecular weight excluding hydrogens is 576 g/mol. The number of carbonyl (C=O) groups excluding carboxylic acids is 4. The lowest BCUT2D eigenvalue weighted by atomic mass is 9.94. The molecule has 10 heteroatoms. The molecule has 2 aromatic carbocycles. The Labute approximate surface area is 266 Å². The van der Waals surface area contributed by atoms with Crippen LogP contribution in [-0.2, 0) is 28.6 Å². The monoisotopic (exact) mass is 624 g/mol. The fourth-order valence-corrected chi connectivity index (χ4v) is 5.25. The minimum atomic E-state index is -0.398. The van der Waals surface area contributed by atoms with Crippen LogP contribution in [0.4, 0.5) is 5.69 Å². The number of aliphatic hydroxyl groups is 1. The predicted octanol–water partition coefficient (Wildman–Crippen LogP) is 5.15. The maximum absolute atomic E-state index is 13.0. The summed E-state index contributed by atoms with van der Waals surface area (Å²) in [5, 5.41) is 14.7. The van der Waals surface area contributed by atoms with Crippen LogP contribution in [0.1, 0.15) is 99.5 Å². The number of hydrogen-bond acceptors (Lipinski definition) is 8. The van der Waals surface area contributed by atoms with E-state index in [1.165, 1.54) is 6.92 Å². The van der Waals surface area contributed by atoms with Gasteiger partial charge in [0.2, 0.25) is 11.8 Å². The minimum Gasteiger partial charge on any atom is -0.465 e. The van der Waals surface area contributed by atoms with E-state index in [1.807, 2.05) is 43.3 Å². The van der Waals surface area contributed by atoms with Gasteiger partial charge in [-0.1, -0.05) is 31.5 Å². The van der Waals surface area contributed by atoms with Gasteiger partial charge in [0, 0.05) is 69.7 Å². The molecule has 3 rings (SSSR count). The molecule has 0 aromatic heterocycles. The molecule has 0 radical (unpaired) electrons. The average Bonchev–Trinajstić information content (AvgIpc) is 3.31. The summed E-state index contributed by atoms with van der Waals surface area (Å²) >= 11 is 0. The lowest BCUT2D eigenvalue weighted by Gasteiger charge is -2.15. The molecule has 0 saturated carbocycles. The lowest BCUT2D eigenvalue weighted by Crippen LogP contribution is -2.27. The highest BCUT2D eigenvalue weighted by Gasteiger charge is 2.31. The summed E-state index contributed by atoms with van der Waals surface area (Å²) in [5.74, 6) is -0.990. The van der Waals surface area contributed by atoms with E-state index in [9.17, 15) is 19.2 Å². The van der Waals surface area contributed by atoms with Crippen LogP contribution in [0, 0.1) is 0 Å². The predicted molar refractivity (Wildman–Crippen MR) is 172 cm³/mol. The van der Waals surface area contributed by atoms with E-state index in [2.05, 4.69) is 17.6 Å². The SMILES string of the molecule is CCCCOCCNC(=O)CCCC(=O)Nc1ccc2c(c1)C(COC(C)=O)c1cc(C(=O)CCCOC(C)CCO)ccc1-2. The number of ketones is 1. The van der Waals surface area contributed by atoms with Gasteiger partial charge >= 0.3 is 5.97 Å². The first-order valence-corrected chi connectivity index (χ1v) is 16.0. The molecule has 1 aliphatic carbocycles. The Hall–Kier alpha value is -3.60. The van der Waals surface area contributed by atoms with Crippen molar-refractivity contribution in [2.75, 3.05) is 44.9 Å². The second-order valence-electron chi connectivity index (χ2n) is 11.4. The van der Waals surface area contributed by atoms with Gasteiger partial charge in [-0.3, -0.25) is 19.2 Å². The van der Waals surface area contributed by atoms with Crippen LogP contribution in [0.15, 0.2) is 36.4 Å². The molecule has 3 N–H and O–H groups in total. The topological polar surface area (TPSA) is 140 Å². The normalized spacial score (nSPS) is 13.9. The molecular formula is C35H48N2O8. The van der Waals surface area contributed by atoms with E-state index in [1.54, 1.807) is 0 Å². The van der Waals surface area contributed by atoms with Crippen molar-refractivity contribution in [3.8, 4) is 11.1 Å². The number of hydrogen-bond donors (Lipinski definition) is 3. The number of esters is 1. The molecule has 2 atom stereocenters. The van der Waals surface area contributed by atoms with Gasteiger partial charge in [-0.2, -0.15) is 0 Å². The fourth-order valence-electron chi connectivity index (χ4n) is 5.25. The van der Waals surface area contributed by atoms with Crippen molar-refractivity contribution < 1.29 is 38.5 Å². The number of nitrogens with one attached hydrogen (secondary N) is 2. The Morgan fingerprint density at radius 2 is 1.62 bits per heavy atom. The molecule has 1 aliphatic rings. The minimum absolute atomic E-state index is 0.000319. The highest BCUT2D eigenvalue weighted by molar-refractivity contribution is 5.98. The van der Waals surface area contributed by atoms with Crippen LogP contribution < -0.4 is 10.6 Å². The Kier molecular flexibility index (Phi) is 15.2. The molecule has 0 saturated heterocycles. The summed E-state index contributed by atoms with van der Waals surface area (Å²) in [6.45, 7) is 7.59. The number of aliphatic hydroxyl groups excluding tert-OH is 1. The maximum Gasteiger partial charge on any atom is 0.302 e. The largest absolute Gasteiger partial charge is 0.465 e. The molecule has 2 amide bonds. The molecule has 2 aromatic rings. The number of rotatable bonds is 21. The van der Waals surface area contributed by atoms with Crippen molar-refractivity contribution in [1.82, 2.24) is 5.32 Å². The van der Waals surface area contributed by atoms with E-state index in [4.69, 9.17) is 19.3 Å². The molecule has 0 aliphatic heterocycles. The zero-order chi connectivity index (χ0) is 32.6. The summed E-state index contributed by atoms with van der Waals surface area (Å²) < 4.78 is 16.5. The standard InChI is InChI=1S/C35H48N2O8/c1-4-5-18-43-20-16-36-34(41)9-6-10-35(42)37-27-12-14-29-28-13-11-26(33(40)8-7-19-44-24(2)15-17-38)21-30(28)32(31(29)22-27)23-45-25(3)39/h11-14,21-22,24,32,38H,4-10,15-20,23H2,1-3H3,(H,36,41)(H,37,42). The van der Waals surface area contributed by atoms with Crippen LogP contribution in [0.3, 0.4) is 0 Å². The van der Waals surface area contributed by atoms with E-state index >= 15 is 0 Å². The molecule has 0 heterocycles. The maximum atomic E-state index is 13.0. The number of unbranched alkanes of at least 4 members (excludes halogenated alkanes) is 1. The van der Waals surface area contributed by atoms with Gasteiger partial charge in [-0.15, -0.1) is 0 Å². The number of benzene rings is 2. The number of carbonyl (C=O) groups is 4. The summed E-state index contributed by atoms with van der Waals surface area (Å²) in [4.78, 5) is 49.5. The smallest absolute Gasteiger partial charge is 0.302 e. The van der Waals surface area contributed by atoms with Crippen LogP contribution >= 0.6 is 0 Å². The second-order valence-corrected chi connectivity index (χ2v) is 11.4. The van der Waals surface area contributed by atoms with Crippen LogP contribution in [0.25, 0.3) is 11.1 Å².